The summed E-state index contributed by atoms with van der Waals surface area (Å²) in [5.41, 5.74) is 1.15. The summed E-state index contributed by atoms with van der Waals surface area (Å²) in [6.07, 6.45) is 5.13. The van der Waals surface area contributed by atoms with Crippen molar-refractivity contribution in [3.63, 3.8) is 0 Å². The molecule has 0 saturated carbocycles. The fraction of sp³-hybridized carbons (Fsp3) is 0.143. The highest BCUT2D eigenvalue weighted by Crippen LogP contribution is 2.28. The monoisotopic (exact) mass is 290 g/mol. The molecule has 0 aliphatic heterocycles. The molecular weight excluding hydrogens is 276 g/mol. The maximum atomic E-state index is 11.8. The Kier molecular flexibility index (Phi) is 4.60. The Bertz CT molecular complexity index is 660. The van der Waals surface area contributed by atoms with Crippen molar-refractivity contribution in [2.45, 2.75) is 4.90 Å². The zero-order valence-electron chi connectivity index (χ0n) is 11.1. The van der Waals surface area contributed by atoms with Gasteiger partial charge in [0.25, 0.3) is 5.56 Å². The smallest absolute Gasteiger partial charge is 0.264 e. The van der Waals surface area contributed by atoms with Gasteiger partial charge in [0.15, 0.2) is 5.75 Å². The van der Waals surface area contributed by atoms with Crippen molar-refractivity contribution in [1.82, 2.24) is 10.2 Å². The van der Waals surface area contributed by atoms with Gasteiger partial charge in [-0.15, -0.1) is 0 Å². The molecule has 20 heavy (non-hydrogen) atoms. The average molecular weight is 290 g/mol. The quantitative estimate of drug-likeness (QED) is 0.869. The van der Waals surface area contributed by atoms with E-state index < -0.39 is 11.2 Å². The predicted molar refractivity (Wildman–Crippen MR) is 79.1 cm³/mol. The molecule has 1 atom stereocenters. The van der Waals surface area contributed by atoms with Crippen LogP contribution in [0.3, 0.4) is 0 Å². The van der Waals surface area contributed by atoms with Crippen molar-refractivity contribution in [2.24, 2.45) is 0 Å². The maximum Gasteiger partial charge on any atom is 0.264 e. The zero-order chi connectivity index (χ0) is 14.5. The highest BCUT2D eigenvalue weighted by Gasteiger charge is 2.16. The molecule has 0 amide bonds. The highest BCUT2D eigenvalue weighted by atomic mass is 32.2. The van der Waals surface area contributed by atoms with Gasteiger partial charge in [-0.1, -0.05) is 6.07 Å². The van der Waals surface area contributed by atoms with E-state index in [4.69, 9.17) is 4.74 Å². The molecule has 0 bridgehead atoms. The topological polar surface area (TPSA) is 78.0 Å². The summed E-state index contributed by atoms with van der Waals surface area (Å²) in [4.78, 5) is 11.6. The Morgan fingerprint density at radius 3 is 2.70 bits per heavy atom. The number of benzene rings is 1. The van der Waals surface area contributed by atoms with E-state index >= 15 is 0 Å². The normalized spacial score (nSPS) is 12.6. The van der Waals surface area contributed by atoms with E-state index in [0.29, 0.717) is 16.3 Å². The number of aromatic nitrogens is 2. The Hall–Kier alpha value is -2.05. The first-order valence-corrected chi connectivity index (χ1v) is 7.42. The molecule has 0 aliphatic rings. The minimum Gasteiger partial charge on any atom is -0.612 e. The minimum atomic E-state index is -1.17. The predicted octanol–water partition coefficient (Wildman–Crippen LogP) is 1.69. The fourth-order valence-corrected chi connectivity index (χ4v) is 2.66. The number of nitrogens with one attached hydrogen (secondary N) is 1. The van der Waals surface area contributed by atoms with Crippen molar-refractivity contribution in [1.29, 1.82) is 0 Å². The molecule has 2 rings (SSSR count). The first-order valence-electron chi connectivity index (χ1n) is 5.86. The number of hydrogen-bond donors (Lipinski definition) is 1. The molecule has 1 aromatic carbocycles. The second kappa shape index (κ2) is 6.40. The molecule has 104 valence electrons. The number of aromatic amines is 1. The van der Waals surface area contributed by atoms with Crippen LogP contribution in [0.5, 0.6) is 5.75 Å². The van der Waals surface area contributed by atoms with Gasteiger partial charge in [0.05, 0.1) is 12.8 Å². The molecule has 1 N–H and O–H groups in total. The molecule has 1 aromatic heterocycles. The first-order chi connectivity index (χ1) is 9.61. The molecule has 0 saturated heterocycles. The lowest BCUT2D eigenvalue weighted by molar-refractivity contribution is 0.402. The van der Waals surface area contributed by atoms with Crippen LogP contribution in [-0.2, 0) is 11.2 Å². The van der Waals surface area contributed by atoms with Gasteiger partial charge < -0.3 is 9.29 Å². The zero-order valence-corrected chi connectivity index (χ0v) is 11.9. The standard InChI is InChI=1S/C14H14N2O3S/c1-19-12-5-3-4-10(14(12)20(2)18)6-7-11-8-9-13(17)16-15-11/h3-9H,1-2H3,(H,16,17)/b7-6+. The Morgan fingerprint density at radius 1 is 1.30 bits per heavy atom. The van der Waals surface area contributed by atoms with E-state index in [0.717, 1.165) is 5.56 Å². The second-order valence-electron chi connectivity index (χ2n) is 4.01. The summed E-state index contributed by atoms with van der Waals surface area (Å²) < 4.78 is 17.1. The number of ether oxygens (including phenoxy) is 1. The Balaban J connectivity index is 2.38. The minimum absolute atomic E-state index is 0.251. The van der Waals surface area contributed by atoms with Gasteiger partial charge in [0, 0.05) is 11.6 Å². The van der Waals surface area contributed by atoms with Crippen LogP contribution in [0.1, 0.15) is 11.3 Å². The van der Waals surface area contributed by atoms with Crippen LogP contribution in [0, 0.1) is 0 Å². The molecule has 6 heteroatoms. The number of rotatable bonds is 4. The lowest BCUT2D eigenvalue weighted by atomic mass is 10.2. The SMILES string of the molecule is COc1cccc(/C=C/c2ccc(=O)[nH]n2)c1[S+](C)[O-]. The van der Waals surface area contributed by atoms with Crippen LogP contribution >= 0.6 is 0 Å². The summed E-state index contributed by atoms with van der Waals surface area (Å²) in [5.74, 6) is 0.586. The third-order valence-electron chi connectivity index (χ3n) is 2.65. The second-order valence-corrected chi connectivity index (χ2v) is 5.33. The van der Waals surface area contributed by atoms with E-state index in [1.807, 2.05) is 12.1 Å². The number of nitrogens with zero attached hydrogens (tertiary/aromatic N) is 1. The van der Waals surface area contributed by atoms with E-state index in [1.54, 1.807) is 37.7 Å². The molecule has 0 radical (unpaired) electrons. The Labute approximate surface area is 119 Å². The summed E-state index contributed by atoms with van der Waals surface area (Å²) in [6, 6.07) is 8.46. The van der Waals surface area contributed by atoms with Gasteiger partial charge in [-0.05, 0) is 41.5 Å². The van der Waals surface area contributed by atoms with Gasteiger partial charge in [0.2, 0.25) is 4.90 Å². The number of H-pyrrole nitrogens is 1. The molecule has 1 heterocycles. The first kappa shape index (κ1) is 14.4. The van der Waals surface area contributed by atoms with Crippen molar-refractivity contribution < 1.29 is 9.29 Å². The third kappa shape index (κ3) is 3.28. The van der Waals surface area contributed by atoms with E-state index in [1.165, 1.54) is 6.07 Å². The van der Waals surface area contributed by atoms with E-state index in [2.05, 4.69) is 10.2 Å². The summed E-state index contributed by atoms with van der Waals surface area (Å²) >= 11 is -1.17. The van der Waals surface area contributed by atoms with Crippen LogP contribution < -0.4 is 10.3 Å². The molecule has 0 fully saturated rings. The van der Waals surface area contributed by atoms with Crippen molar-refractivity contribution >= 4 is 23.3 Å². The fourth-order valence-electron chi connectivity index (χ4n) is 1.76. The maximum absolute atomic E-state index is 11.8. The average Bonchev–Trinajstić information content (AvgIpc) is 2.46. The van der Waals surface area contributed by atoms with Gasteiger partial charge in [-0.3, -0.25) is 4.79 Å². The molecule has 2 aromatic rings. The summed E-state index contributed by atoms with van der Waals surface area (Å²) in [6.45, 7) is 0. The summed E-state index contributed by atoms with van der Waals surface area (Å²) in [5, 5.41) is 6.23. The molecule has 5 nitrogen and oxygen atoms in total. The van der Waals surface area contributed by atoms with E-state index in [9.17, 15) is 9.35 Å². The van der Waals surface area contributed by atoms with Crippen LogP contribution in [0.15, 0.2) is 40.0 Å². The molecular formula is C14H14N2O3S. The van der Waals surface area contributed by atoms with Crippen LogP contribution in [0.25, 0.3) is 12.2 Å². The molecule has 1 unspecified atom stereocenters. The van der Waals surface area contributed by atoms with E-state index in [-0.39, 0.29) is 5.56 Å². The summed E-state index contributed by atoms with van der Waals surface area (Å²) in [7, 11) is 1.54. The van der Waals surface area contributed by atoms with Gasteiger partial charge in [-0.25, -0.2) is 5.10 Å². The lowest BCUT2D eigenvalue weighted by Crippen LogP contribution is -2.05. The van der Waals surface area contributed by atoms with Crippen LogP contribution in [0.2, 0.25) is 0 Å². The van der Waals surface area contributed by atoms with Gasteiger partial charge in [-0.2, -0.15) is 5.10 Å². The number of hydrogen-bond acceptors (Lipinski definition) is 4. The largest absolute Gasteiger partial charge is 0.612 e. The molecule has 0 spiro atoms. The van der Waals surface area contributed by atoms with Gasteiger partial charge in [0.1, 0.15) is 6.26 Å². The Morgan fingerprint density at radius 2 is 2.10 bits per heavy atom. The van der Waals surface area contributed by atoms with Crippen molar-refractivity contribution in [3.8, 4) is 5.75 Å². The third-order valence-corrected chi connectivity index (χ3v) is 3.66. The van der Waals surface area contributed by atoms with Gasteiger partial charge >= 0.3 is 0 Å². The lowest BCUT2D eigenvalue weighted by Gasteiger charge is -2.11. The van der Waals surface area contributed by atoms with Crippen LogP contribution in [0.4, 0.5) is 0 Å². The van der Waals surface area contributed by atoms with Crippen molar-refractivity contribution in [3.05, 3.63) is 51.9 Å². The molecule has 0 aliphatic carbocycles. The highest BCUT2D eigenvalue weighted by molar-refractivity contribution is 7.90. The van der Waals surface area contributed by atoms with Crippen molar-refractivity contribution in [2.75, 3.05) is 13.4 Å². The number of methoxy groups -OCH3 is 1. The van der Waals surface area contributed by atoms with Crippen LogP contribution in [-0.4, -0.2) is 28.1 Å².